The van der Waals surface area contributed by atoms with Crippen LogP contribution in [0.1, 0.15) is 28.8 Å². The first-order valence-corrected chi connectivity index (χ1v) is 10.4. The lowest BCUT2D eigenvalue weighted by atomic mass is 10.0. The van der Waals surface area contributed by atoms with Gasteiger partial charge in [0.1, 0.15) is 0 Å². The Hall–Kier alpha value is -2.18. The van der Waals surface area contributed by atoms with Crippen molar-refractivity contribution in [1.82, 2.24) is 0 Å². The zero-order chi connectivity index (χ0) is 18.7. The van der Waals surface area contributed by atoms with Crippen LogP contribution in [0.15, 0.2) is 48.5 Å². The van der Waals surface area contributed by atoms with Crippen molar-refractivity contribution >= 4 is 38.8 Å². The summed E-state index contributed by atoms with van der Waals surface area (Å²) in [6, 6.07) is 13.4. The van der Waals surface area contributed by atoms with Crippen LogP contribution in [0.4, 0.5) is 5.69 Å². The number of carbonyl (C=O) groups is 2. The molecule has 0 saturated carbocycles. The molecular formula is C19H18ClNO4S. The van der Waals surface area contributed by atoms with E-state index in [0.29, 0.717) is 28.3 Å². The molecule has 1 fully saturated rings. The van der Waals surface area contributed by atoms with Gasteiger partial charge >= 0.3 is 0 Å². The Morgan fingerprint density at radius 3 is 2.50 bits per heavy atom. The molecule has 1 atom stereocenters. The summed E-state index contributed by atoms with van der Waals surface area (Å²) in [5.41, 5.74) is 1.16. The lowest BCUT2D eigenvalue weighted by Gasteiger charge is -2.13. The third-order valence-electron chi connectivity index (χ3n) is 4.34. The van der Waals surface area contributed by atoms with Crippen LogP contribution in [-0.2, 0) is 14.6 Å². The van der Waals surface area contributed by atoms with E-state index in [1.54, 1.807) is 36.4 Å². The average molecular weight is 392 g/mol. The van der Waals surface area contributed by atoms with Gasteiger partial charge in [-0.05, 0) is 30.5 Å². The molecule has 26 heavy (non-hydrogen) atoms. The van der Waals surface area contributed by atoms with Crippen LogP contribution in [0, 0.1) is 5.92 Å². The molecule has 0 aromatic heterocycles. The molecule has 1 amide bonds. The van der Waals surface area contributed by atoms with Crippen molar-refractivity contribution in [2.24, 2.45) is 5.92 Å². The molecule has 1 aliphatic heterocycles. The second-order valence-corrected chi connectivity index (χ2v) is 9.07. The zero-order valence-electron chi connectivity index (χ0n) is 13.9. The number of nitrogens with one attached hydrogen (secondary N) is 1. The molecule has 0 radical (unpaired) electrons. The Morgan fingerprint density at radius 2 is 1.85 bits per heavy atom. The molecule has 7 heteroatoms. The predicted octanol–water partition coefficient (Wildman–Crippen LogP) is 3.33. The van der Waals surface area contributed by atoms with E-state index in [2.05, 4.69) is 5.32 Å². The molecule has 3 rings (SSSR count). The highest BCUT2D eigenvalue weighted by Crippen LogP contribution is 2.26. The molecule has 2 aromatic rings. The molecule has 1 N–H and O–H groups in total. The monoisotopic (exact) mass is 391 g/mol. The normalized spacial score (nSPS) is 18.4. The number of hydrogen-bond acceptors (Lipinski definition) is 4. The van der Waals surface area contributed by atoms with Crippen molar-refractivity contribution < 1.29 is 18.0 Å². The second kappa shape index (κ2) is 7.60. The zero-order valence-corrected chi connectivity index (χ0v) is 15.5. The van der Waals surface area contributed by atoms with Gasteiger partial charge in [-0.15, -0.1) is 0 Å². The van der Waals surface area contributed by atoms with Gasteiger partial charge in [0.15, 0.2) is 15.6 Å². The molecular weight excluding hydrogens is 374 g/mol. The van der Waals surface area contributed by atoms with Gasteiger partial charge in [0.25, 0.3) is 0 Å². The summed E-state index contributed by atoms with van der Waals surface area (Å²) in [6.07, 6.45) is 0.604. The van der Waals surface area contributed by atoms with Gasteiger partial charge in [-0.1, -0.05) is 41.9 Å². The molecule has 0 unspecified atom stereocenters. The molecule has 1 saturated heterocycles. The number of rotatable bonds is 5. The standard InChI is InChI=1S/C19H18ClNO4S/c20-15-6-7-17(16(11-15)19(23)14-4-2-1-3-5-14)21-18(22)10-13-8-9-26(24,25)12-13/h1-7,11,13H,8-10,12H2,(H,21,22)/t13-/m0/s1. The van der Waals surface area contributed by atoms with Crippen molar-refractivity contribution in [2.45, 2.75) is 12.8 Å². The minimum atomic E-state index is -3.03. The maximum Gasteiger partial charge on any atom is 0.224 e. The van der Waals surface area contributed by atoms with E-state index < -0.39 is 9.84 Å². The topological polar surface area (TPSA) is 80.3 Å². The molecule has 0 aliphatic carbocycles. The number of amides is 1. The van der Waals surface area contributed by atoms with E-state index in [9.17, 15) is 18.0 Å². The molecule has 136 valence electrons. The van der Waals surface area contributed by atoms with Crippen LogP contribution in [0.25, 0.3) is 0 Å². The Labute approximate surface area is 157 Å². The molecule has 5 nitrogen and oxygen atoms in total. The quantitative estimate of drug-likeness (QED) is 0.792. The van der Waals surface area contributed by atoms with E-state index in [1.807, 2.05) is 6.07 Å². The van der Waals surface area contributed by atoms with E-state index in [-0.39, 0.29) is 35.5 Å². The highest BCUT2D eigenvalue weighted by molar-refractivity contribution is 7.91. The number of hydrogen-bond donors (Lipinski definition) is 1. The van der Waals surface area contributed by atoms with Gasteiger partial charge in [-0.2, -0.15) is 0 Å². The summed E-state index contributed by atoms with van der Waals surface area (Å²) in [4.78, 5) is 25.1. The largest absolute Gasteiger partial charge is 0.325 e. The fraction of sp³-hybridized carbons (Fsp3) is 0.263. The Morgan fingerprint density at radius 1 is 1.12 bits per heavy atom. The lowest BCUT2D eigenvalue weighted by molar-refractivity contribution is -0.116. The average Bonchev–Trinajstić information content (AvgIpc) is 2.95. The fourth-order valence-corrected chi connectivity index (χ4v) is 5.09. The van der Waals surface area contributed by atoms with E-state index >= 15 is 0 Å². The van der Waals surface area contributed by atoms with Gasteiger partial charge < -0.3 is 5.32 Å². The summed E-state index contributed by atoms with van der Waals surface area (Å²) in [5, 5.41) is 3.12. The number of ketones is 1. The third-order valence-corrected chi connectivity index (χ3v) is 6.41. The van der Waals surface area contributed by atoms with Crippen molar-refractivity contribution in [3.05, 3.63) is 64.7 Å². The van der Waals surface area contributed by atoms with E-state index in [4.69, 9.17) is 11.6 Å². The van der Waals surface area contributed by atoms with Crippen LogP contribution in [-0.4, -0.2) is 31.6 Å². The van der Waals surface area contributed by atoms with Gasteiger partial charge in [0, 0.05) is 22.6 Å². The number of carbonyl (C=O) groups excluding carboxylic acids is 2. The summed E-state index contributed by atoms with van der Waals surface area (Å²) < 4.78 is 23.1. The minimum absolute atomic E-state index is 0.0385. The molecule has 0 spiro atoms. The molecule has 1 aliphatic rings. The Balaban J connectivity index is 1.78. The van der Waals surface area contributed by atoms with Crippen molar-refractivity contribution in [2.75, 3.05) is 16.8 Å². The van der Waals surface area contributed by atoms with Crippen LogP contribution < -0.4 is 5.32 Å². The third kappa shape index (κ3) is 4.51. The van der Waals surface area contributed by atoms with E-state index in [1.165, 1.54) is 6.07 Å². The SMILES string of the molecule is O=C(C[C@@H]1CCS(=O)(=O)C1)Nc1ccc(Cl)cc1C(=O)c1ccccc1. The Bertz CT molecular complexity index is 941. The van der Waals surface area contributed by atoms with Gasteiger partial charge in [0.2, 0.25) is 5.91 Å². The van der Waals surface area contributed by atoms with Gasteiger partial charge in [-0.25, -0.2) is 8.42 Å². The maximum absolute atomic E-state index is 12.7. The number of benzene rings is 2. The van der Waals surface area contributed by atoms with E-state index in [0.717, 1.165) is 0 Å². The van der Waals surface area contributed by atoms with Gasteiger partial charge in [-0.3, -0.25) is 9.59 Å². The van der Waals surface area contributed by atoms with Crippen LogP contribution in [0.5, 0.6) is 0 Å². The molecule has 2 aromatic carbocycles. The smallest absolute Gasteiger partial charge is 0.224 e. The summed E-state index contributed by atoms with van der Waals surface area (Å²) in [5.74, 6) is -0.565. The van der Waals surface area contributed by atoms with Gasteiger partial charge in [0.05, 0.1) is 17.2 Å². The summed E-state index contributed by atoms with van der Waals surface area (Å²) in [7, 11) is -3.03. The first-order chi connectivity index (χ1) is 12.3. The number of sulfone groups is 1. The molecule has 1 heterocycles. The fourth-order valence-electron chi connectivity index (χ4n) is 3.05. The van der Waals surface area contributed by atoms with Crippen molar-refractivity contribution in [1.29, 1.82) is 0 Å². The number of halogens is 1. The van der Waals surface area contributed by atoms with Crippen LogP contribution >= 0.6 is 11.6 Å². The second-order valence-electron chi connectivity index (χ2n) is 6.41. The first-order valence-electron chi connectivity index (χ1n) is 8.23. The minimum Gasteiger partial charge on any atom is -0.325 e. The highest BCUT2D eigenvalue weighted by atomic mass is 35.5. The van der Waals surface area contributed by atoms with Crippen molar-refractivity contribution in [3.8, 4) is 0 Å². The summed E-state index contributed by atoms with van der Waals surface area (Å²) in [6.45, 7) is 0. The lowest BCUT2D eigenvalue weighted by Crippen LogP contribution is -2.19. The van der Waals surface area contributed by atoms with Crippen LogP contribution in [0.2, 0.25) is 5.02 Å². The van der Waals surface area contributed by atoms with Crippen molar-refractivity contribution in [3.63, 3.8) is 0 Å². The first kappa shape index (κ1) is 18.6. The highest BCUT2D eigenvalue weighted by Gasteiger charge is 2.29. The van der Waals surface area contributed by atoms with Crippen LogP contribution in [0.3, 0.4) is 0 Å². The Kier molecular flexibility index (Phi) is 5.44. The maximum atomic E-state index is 12.7. The summed E-state index contributed by atoms with van der Waals surface area (Å²) >= 11 is 6.02. The number of anilines is 1. The predicted molar refractivity (Wildman–Crippen MR) is 101 cm³/mol. The molecule has 0 bridgehead atoms.